The number of carbonyl (C=O) groups excluding carboxylic acids is 1. The van der Waals surface area contributed by atoms with Crippen molar-refractivity contribution in [3.8, 4) is 11.5 Å². The van der Waals surface area contributed by atoms with Gasteiger partial charge in [0.05, 0.1) is 7.11 Å². The zero-order valence-corrected chi connectivity index (χ0v) is 7.19. The number of carbonyl (C=O) groups is 1. The van der Waals surface area contributed by atoms with E-state index in [1.165, 1.54) is 19.3 Å². The van der Waals surface area contributed by atoms with Crippen LogP contribution in [0.1, 0.15) is 5.56 Å². The predicted octanol–water partition coefficient (Wildman–Crippen LogP) is 0.981. The standard InChI is InChI=1S/C10H10O3/c1-13-10-7-8(3-2-6-11)4-5-9(10)12/h2-7,12H,1H3/p-1/b3-2+. The molecule has 13 heavy (non-hydrogen) atoms. The molecule has 3 heteroatoms. The van der Waals surface area contributed by atoms with Crippen molar-refractivity contribution < 1.29 is 14.6 Å². The second-order valence-electron chi connectivity index (χ2n) is 2.41. The minimum absolute atomic E-state index is 0.161. The van der Waals surface area contributed by atoms with Crippen molar-refractivity contribution in [1.82, 2.24) is 0 Å². The smallest absolute Gasteiger partial charge is 0.142 e. The summed E-state index contributed by atoms with van der Waals surface area (Å²) in [6.07, 6.45) is 3.64. The van der Waals surface area contributed by atoms with Crippen LogP contribution >= 0.6 is 0 Å². The monoisotopic (exact) mass is 177 g/mol. The third kappa shape index (κ3) is 2.33. The van der Waals surface area contributed by atoms with Crippen LogP contribution < -0.4 is 9.84 Å². The van der Waals surface area contributed by atoms with E-state index in [0.717, 1.165) is 5.56 Å². The van der Waals surface area contributed by atoms with E-state index in [1.54, 1.807) is 18.2 Å². The molecule has 0 heterocycles. The summed E-state index contributed by atoms with van der Waals surface area (Å²) >= 11 is 0. The van der Waals surface area contributed by atoms with Crippen LogP contribution in [0.3, 0.4) is 0 Å². The molecule has 0 unspecified atom stereocenters. The molecular formula is C10H9O3-. The van der Waals surface area contributed by atoms with E-state index >= 15 is 0 Å². The number of hydrogen-bond acceptors (Lipinski definition) is 3. The first kappa shape index (κ1) is 9.32. The topological polar surface area (TPSA) is 49.4 Å². The molecule has 68 valence electrons. The Kier molecular flexibility index (Phi) is 3.09. The summed E-state index contributed by atoms with van der Waals surface area (Å²) < 4.78 is 4.83. The van der Waals surface area contributed by atoms with Gasteiger partial charge in [0.15, 0.2) is 0 Å². The summed E-state index contributed by atoms with van der Waals surface area (Å²) in [6, 6.07) is 4.62. The Labute approximate surface area is 76.3 Å². The quantitative estimate of drug-likeness (QED) is 0.510. The number of hydrogen-bond donors (Lipinski definition) is 0. The van der Waals surface area contributed by atoms with Crippen molar-refractivity contribution in [3.63, 3.8) is 0 Å². The van der Waals surface area contributed by atoms with Crippen molar-refractivity contribution in [2.45, 2.75) is 0 Å². The van der Waals surface area contributed by atoms with E-state index < -0.39 is 0 Å². The van der Waals surface area contributed by atoms with Gasteiger partial charge in [-0.2, -0.15) is 0 Å². The minimum atomic E-state index is -0.161. The summed E-state index contributed by atoms with van der Waals surface area (Å²) in [7, 11) is 1.43. The van der Waals surface area contributed by atoms with E-state index in [1.807, 2.05) is 0 Å². The summed E-state index contributed by atoms with van der Waals surface area (Å²) in [5.41, 5.74) is 0.767. The fourth-order valence-electron chi connectivity index (χ4n) is 0.938. The highest BCUT2D eigenvalue weighted by Crippen LogP contribution is 2.23. The van der Waals surface area contributed by atoms with Crippen LogP contribution in [-0.2, 0) is 4.79 Å². The molecule has 1 aromatic carbocycles. The second kappa shape index (κ2) is 4.30. The maximum absolute atomic E-state index is 11.1. The largest absolute Gasteiger partial charge is 0.870 e. The van der Waals surface area contributed by atoms with E-state index in [2.05, 4.69) is 0 Å². The third-order valence-electron chi connectivity index (χ3n) is 1.55. The molecule has 0 aliphatic carbocycles. The van der Waals surface area contributed by atoms with Crippen molar-refractivity contribution in [2.75, 3.05) is 7.11 Å². The van der Waals surface area contributed by atoms with Gasteiger partial charge in [-0.1, -0.05) is 24.0 Å². The summed E-state index contributed by atoms with van der Waals surface area (Å²) in [5.74, 6) is 0.124. The molecule has 0 fully saturated rings. The van der Waals surface area contributed by atoms with Gasteiger partial charge in [-0.25, -0.2) is 0 Å². The van der Waals surface area contributed by atoms with Gasteiger partial charge in [0.1, 0.15) is 12.0 Å². The maximum atomic E-state index is 11.1. The molecule has 0 radical (unpaired) electrons. The number of methoxy groups -OCH3 is 1. The van der Waals surface area contributed by atoms with Crippen LogP contribution in [0.5, 0.6) is 11.5 Å². The van der Waals surface area contributed by atoms with E-state index in [4.69, 9.17) is 4.74 Å². The zero-order valence-electron chi connectivity index (χ0n) is 7.19. The number of rotatable bonds is 3. The molecule has 1 aromatic rings. The average molecular weight is 177 g/mol. The Morgan fingerprint density at radius 2 is 2.23 bits per heavy atom. The Bertz CT molecular complexity index is 329. The Balaban J connectivity index is 2.99. The lowest BCUT2D eigenvalue weighted by Crippen LogP contribution is -1.94. The van der Waals surface area contributed by atoms with Crippen LogP contribution in [0.2, 0.25) is 0 Å². The van der Waals surface area contributed by atoms with Gasteiger partial charge in [0.2, 0.25) is 0 Å². The van der Waals surface area contributed by atoms with E-state index in [9.17, 15) is 9.90 Å². The SMILES string of the molecule is COc1cc(/C=C/C=O)ccc1[O-]. The minimum Gasteiger partial charge on any atom is -0.870 e. The van der Waals surface area contributed by atoms with E-state index in [-0.39, 0.29) is 11.5 Å². The Morgan fingerprint density at radius 1 is 1.46 bits per heavy atom. The maximum Gasteiger partial charge on any atom is 0.142 e. The molecule has 1 rings (SSSR count). The van der Waals surface area contributed by atoms with Crippen molar-refractivity contribution in [3.05, 3.63) is 29.8 Å². The fourth-order valence-corrected chi connectivity index (χ4v) is 0.938. The van der Waals surface area contributed by atoms with Crippen molar-refractivity contribution >= 4 is 12.4 Å². The number of ether oxygens (including phenoxy) is 1. The van der Waals surface area contributed by atoms with Crippen molar-refractivity contribution in [1.29, 1.82) is 0 Å². The Morgan fingerprint density at radius 3 is 2.85 bits per heavy atom. The van der Waals surface area contributed by atoms with Crippen LogP contribution in [0, 0.1) is 0 Å². The third-order valence-corrected chi connectivity index (χ3v) is 1.55. The van der Waals surface area contributed by atoms with Gasteiger partial charge < -0.3 is 9.84 Å². The van der Waals surface area contributed by atoms with Gasteiger partial charge >= 0.3 is 0 Å². The number of benzene rings is 1. The van der Waals surface area contributed by atoms with E-state index in [0.29, 0.717) is 6.29 Å². The Hall–Kier alpha value is -1.77. The van der Waals surface area contributed by atoms with Crippen LogP contribution in [0.25, 0.3) is 6.08 Å². The van der Waals surface area contributed by atoms with Gasteiger partial charge in [0, 0.05) is 0 Å². The highest BCUT2D eigenvalue weighted by Gasteiger charge is 1.93. The lowest BCUT2D eigenvalue weighted by Gasteiger charge is -2.11. The second-order valence-corrected chi connectivity index (χ2v) is 2.41. The molecule has 0 aromatic heterocycles. The predicted molar refractivity (Wildman–Crippen MR) is 47.5 cm³/mol. The van der Waals surface area contributed by atoms with Gasteiger partial charge in [-0.15, -0.1) is 0 Å². The first-order valence-corrected chi connectivity index (χ1v) is 3.75. The molecule has 0 bridgehead atoms. The van der Waals surface area contributed by atoms with Crippen LogP contribution in [0.4, 0.5) is 0 Å². The molecule has 0 N–H and O–H groups in total. The van der Waals surface area contributed by atoms with Gasteiger partial charge in [-0.05, 0) is 17.7 Å². The fraction of sp³-hybridized carbons (Fsp3) is 0.100. The molecule has 0 saturated heterocycles. The normalized spacial score (nSPS) is 10.2. The van der Waals surface area contributed by atoms with Crippen LogP contribution in [-0.4, -0.2) is 13.4 Å². The molecule has 3 nitrogen and oxygen atoms in total. The highest BCUT2D eigenvalue weighted by atomic mass is 16.5. The molecule has 0 amide bonds. The van der Waals surface area contributed by atoms with Gasteiger partial charge in [0.25, 0.3) is 0 Å². The molecule has 0 atom stereocenters. The first-order valence-electron chi connectivity index (χ1n) is 3.75. The summed E-state index contributed by atoms with van der Waals surface area (Å²) in [6.45, 7) is 0. The number of allylic oxidation sites excluding steroid dienone is 1. The molecule has 0 aliphatic rings. The van der Waals surface area contributed by atoms with Gasteiger partial charge in [-0.3, -0.25) is 4.79 Å². The molecule has 0 spiro atoms. The molecular weight excluding hydrogens is 168 g/mol. The first-order chi connectivity index (χ1) is 6.27. The average Bonchev–Trinajstić information content (AvgIpc) is 2.16. The molecule has 0 aliphatic heterocycles. The summed E-state index contributed by atoms with van der Waals surface area (Å²) in [5, 5.41) is 11.1. The zero-order chi connectivity index (χ0) is 9.68. The van der Waals surface area contributed by atoms with Crippen molar-refractivity contribution in [2.24, 2.45) is 0 Å². The summed E-state index contributed by atoms with van der Waals surface area (Å²) in [4.78, 5) is 10.0. The highest BCUT2D eigenvalue weighted by molar-refractivity contribution is 5.74. The lowest BCUT2D eigenvalue weighted by molar-refractivity contribution is -0.270. The van der Waals surface area contributed by atoms with Crippen LogP contribution in [0.15, 0.2) is 24.3 Å². The molecule has 0 saturated carbocycles. The number of aldehydes is 1. The lowest BCUT2D eigenvalue weighted by atomic mass is 10.2.